The first kappa shape index (κ1) is 14.7. The largest absolute Gasteiger partial charge is 0.432 e. The summed E-state index contributed by atoms with van der Waals surface area (Å²) in [7, 11) is 0. The number of unbranched alkanes of at least 4 members (excludes halogenated alkanes) is 2. The zero-order valence-electron chi connectivity index (χ0n) is 10.2. The van der Waals surface area contributed by atoms with Crippen molar-refractivity contribution in [2.24, 2.45) is 5.92 Å². The van der Waals surface area contributed by atoms with Gasteiger partial charge in [-0.2, -0.15) is 0 Å². The molecule has 0 aromatic carbocycles. The first-order chi connectivity index (χ1) is 7.67. The van der Waals surface area contributed by atoms with Crippen LogP contribution in [0.25, 0.3) is 0 Å². The standard InChI is InChI=1S/C14H22O2/c1-5-8-9-11-13(10-6-2)12(4)14(15)16-7-3/h6-7,13H,2-5,8-11H2,1H3. The average molecular weight is 222 g/mol. The van der Waals surface area contributed by atoms with Crippen LogP contribution in [0.5, 0.6) is 0 Å². The normalized spacial score (nSPS) is 11.6. The third-order valence-electron chi connectivity index (χ3n) is 2.55. The Balaban J connectivity index is 4.27. The average Bonchev–Trinajstić information content (AvgIpc) is 2.27. The number of rotatable bonds is 9. The lowest BCUT2D eigenvalue weighted by Crippen LogP contribution is -2.13. The molecule has 0 spiro atoms. The summed E-state index contributed by atoms with van der Waals surface area (Å²) in [5, 5.41) is 0. The topological polar surface area (TPSA) is 26.3 Å². The number of ether oxygens (including phenoxy) is 1. The van der Waals surface area contributed by atoms with E-state index in [1.54, 1.807) is 0 Å². The molecule has 90 valence electrons. The van der Waals surface area contributed by atoms with Crippen LogP contribution in [0.3, 0.4) is 0 Å². The van der Waals surface area contributed by atoms with Crippen molar-refractivity contribution in [3.05, 3.63) is 37.6 Å². The predicted molar refractivity (Wildman–Crippen MR) is 67.9 cm³/mol. The van der Waals surface area contributed by atoms with Gasteiger partial charge in [0.15, 0.2) is 0 Å². The summed E-state index contributed by atoms with van der Waals surface area (Å²) in [5.74, 6) is -0.227. The second-order valence-corrected chi connectivity index (χ2v) is 3.81. The maximum atomic E-state index is 11.5. The van der Waals surface area contributed by atoms with Crippen molar-refractivity contribution in [2.45, 2.75) is 39.0 Å². The SMILES string of the molecule is C=CCC(CCCCC)C(=C)C(=O)OC=C. The van der Waals surface area contributed by atoms with E-state index in [0.29, 0.717) is 5.57 Å². The molecule has 0 bridgehead atoms. The number of allylic oxidation sites excluding steroid dienone is 1. The van der Waals surface area contributed by atoms with E-state index in [0.717, 1.165) is 25.5 Å². The minimum Gasteiger partial charge on any atom is -0.432 e. The Bertz CT molecular complexity index is 253. The van der Waals surface area contributed by atoms with Crippen molar-refractivity contribution in [1.82, 2.24) is 0 Å². The third-order valence-corrected chi connectivity index (χ3v) is 2.55. The lowest BCUT2D eigenvalue weighted by molar-refractivity contribution is -0.134. The van der Waals surface area contributed by atoms with Gasteiger partial charge in [-0.15, -0.1) is 6.58 Å². The number of esters is 1. The molecule has 16 heavy (non-hydrogen) atoms. The summed E-state index contributed by atoms with van der Waals surface area (Å²) in [6.45, 7) is 13.0. The molecule has 0 amide bonds. The Morgan fingerprint density at radius 3 is 2.56 bits per heavy atom. The second-order valence-electron chi connectivity index (χ2n) is 3.81. The van der Waals surface area contributed by atoms with Crippen molar-refractivity contribution in [1.29, 1.82) is 0 Å². The quantitative estimate of drug-likeness (QED) is 0.194. The highest BCUT2D eigenvalue weighted by atomic mass is 16.5. The number of hydrogen-bond donors (Lipinski definition) is 0. The minimum atomic E-state index is -0.377. The van der Waals surface area contributed by atoms with E-state index in [4.69, 9.17) is 4.74 Å². The van der Waals surface area contributed by atoms with Crippen LogP contribution in [-0.4, -0.2) is 5.97 Å². The Morgan fingerprint density at radius 2 is 2.06 bits per heavy atom. The molecule has 0 heterocycles. The summed E-state index contributed by atoms with van der Waals surface area (Å²) < 4.78 is 4.73. The summed E-state index contributed by atoms with van der Waals surface area (Å²) in [6, 6.07) is 0. The molecule has 0 aromatic heterocycles. The van der Waals surface area contributed by atoms with Crippen molar-refractivity contribution in [3.8, 4) is 0 Å². The molecule has 0 saturated carbocycles. The molecule has 0 N–H and O–H groups in total. The highest BCUT2D eigenvalue weighted by Crippen LogP contribution is 2.22. The molecule has 2 nitrogen and oxygen atoms in total. The fraction of sp³-hybridized carbons (Fsp3) is 0.500. The summed E-state index contributed by atoms with van der Waals surface area (Å²) in [5.41, 5.74) is 0.524. The molecule has 1 unspecified atom stereocenters. The minimum absolute atomic E-state index is 0.150. The van der Waals surface area contributed by atoms with Gasteiger partial charge in [0.25, 0.3) is 0 Å². The van der Waals surface area contributed by atoms with E-state index in [1.165, 1.54) is 12.8 Å². The molecule has 1 atom stereocenters. The van der Waals surface area contributed by atoms with Crippen LogP contribution in [0.2, 0.25) is 0 Å². The molecular weight excluding hydrogens is 200 g/mol. The first-order valence-electron chi connectivity index (χ1n) is 5.78. The van der Waals surface area contributed by atoms with Gasteiger partial charge < -0.3 is 4.74 Å². The molecular formula is C14H22O2. The van der Waals surface area contributed by atoms with Gasteiger partial charge in [-0.1, -0.05) is 45.4 Å². The van der Waals surface area contributed by atoms with E-state index in [1.807, 2.05) is 6.08 Å². The van der Waals surface area contributed by atoms with Crippen LogP contribution < -0.4 is 0 Å². The molecule has 0 rings (SSSR count). The Morgan fingerprint density at radius 1 is 1.38 bits per heavy atom. The van der Waals surface area contributed by atoms with Crippen LogP contribution in [0.15, 0.2) is 37.6 Å². The first-order valence-corrected chi connectivity index (χ1v) is 5.78. The lowest BCUT2D eigenvalue weighted by atomic mass is 9.91. The van der Waals surface area contributed by atoms with E-state index >= 15 is 0 Å². The van der Waals surface area contributed by atoms with Gasteiger partial charge in [-0.25, -0.2) is 4.79 Å². The molecule has 0 aromatic rings. The fourth-order valence-electron chi connectivity index (χ4n) is 1.59. The fourth-order valence-corrected chi connectivity index (χ4v) is 1.59. The highest BCUT2D eigenvalue weighted by molar-refractivity contribution is 5.88. The van der Waals surface area contributed by atoms with Gasteiger partial charge in [-0.05, 0) is 18.8 Å². The van der Waals surface area contributed by atoms with Crippen molar-refractivity contribution < 1.29 is 9.53 Å². The summed E-state index contributed by atoms with van der Waals surface area (Å²) in [6.07, 6.45) is 8.16. The van der Waals surface area contributed by atoms with Crippen LogP contribution in [-0.2, 0) is 9.53 Å². The Kier molecular flexibility index (Phi) is 8.22. The van der Waals surface area contributed by atoms with E-state index in [9.17, 15) is 4.79 Å². The molecule has 0 aliphatic heterocycles. The lowest BCUT2D eigenvalue weighted by Gasteiger charge is -2.15. The number of carbonyl (C=O) groups is 1. The predicted octanol–water partition coefficient (Wildman–Crippen LogP) is 4.00. The van der Waals surface area contributed by atoms with Gasteiger partial charge in [0.05, 0.1) is 6.26 Å². The van der Waals surface area contributed by atoms with Gasteiger partial charge in [0, 0.05) is 5.57 Å². The Labute approximate surface area is 98.7 Å². The van der Waals surface area contributed by atoms with Crippen molar-refractivity contribution >= 4 is 5.97 Å². The maximum Gasteiger partial charge on any atom is 0.338 e. The zero-order valence-corrected chi connectivity index (χ0v) is 10.2. The van der Waals surface area contributed by atoms with E-state index in [-0.39, 0.29) is 11.9 Å². The molecule has 0 radical (unpaired) electrons. The van der Waals surface area contributed by atoms with Crippen LogP contribution >= 0.6 is 0 Å². The molecule has 0 saturated heterocycles. The summed E-state index contributed by atoms with van der Waals surface area (Å²) >= 11 is 0. The molecule has 0 aliphatic rings. The maximum absolute atomic E-state index is 11.5. The third kappa shape index (κ3) is 5.54. The van der Waals surface area contributed by atoms with E-state index in [2.05, 4.69) is 26.7 Å². The smallest absolute Gasteiger partial charge is 0.338 e. The van der Waals surface area contributed by atoms with Crippen molar-refractivity contribution in [2.75, 3.05) is 0 Å². The zero-order chi connectivity index (χ0) is 12.4. The van der Waals surface area contributed by atoms with Gasteiger partial charge in [0.1, 0.15) is 0 Å². The molecule has 0 aliphatic carbocycles. The highest BCUT2D eigenvalue weighted by Gasteiger charge is 2.18. The summed E-state index contributed by atoms with van der Waals surface area (Å²) in [4.78, 5) is 11.5. The van der Waals surface area contributed by atoms with E-state index < -0.39 is 0 Å². The molecule has 2 heteroatoms. The van der Waals surface area contributed by atoms with Gasteiger partial charge in [-0.3, -0.25) is 0 Å². The van der Waals surface area contributed by atoms with Gasteiger partial charge in [0.2, 0.25) is 0 Å². The van der Waals surface area contributed by atoms with Crippen molar-refractivity contribution in [3.63, 3.8) is 0 Å². The number of hydrogen-bond acceptors (Lipinski definition) is 2. The van der Waals surface area contributed by atoms with Crippen LogP contribution in [0, 0.1) is 5.92 Å². The second kappa shape index (κ2) is 8.96. The molecule has 0 fully saturated rings. The van der Waals surface area contributed by atoms with Crippen LogP contribution in [0.1, 0.15) is 39.0 Å². The Hall–Kier alpha value is -1.31. The van der Waals surface area contributed by atoms with Crippen LogP contribution in [0.4, 0.5) is 0 Å². The van der Waals surface area contributed by atoms with Gasteiger partial charge >= 0.3 is 5.97 Å². The monoisotopic (exact) mass is 222 g/mol. The number of carbonyl (C=O) groups excluding carboxylic acids is 1.